The zero-order valence-electron chi connectivity index (χ0n) is 13.3. The molecule has 0 bridgehead atoms. The Morgan fingerprint density at radius 2 is 1.96 bits per heavy atom. The van der Waals surface area contributed by atoms with Crippen LogP contribution in [0.3, 0.4) is 0 Å². The summed E-state index contributed by atoms with van der Waals surface area (Å²) in [5.74, 6) is -1.66. The Labute approximate surface area is 156 Å². The molecule has 1 aromatic carbocycles. The first kappa shape index (κ1) is 18.3. The molecule has 0 aliphatic carbocycles. The van der Waals surface area contributed by atoms with Crippen LogP contribution in [-0.4, -0.2) is 25.5 Å². The van der Waals surface area contributed by atoms with Crippen molar-refractivity contribution in [3.8, 4) is 17.0 Å². The molecule has 0 amide bonds. The maximum Gasteiger partial charge on any atom is 0.264 e. The lowest BCUT2D eigenvalue weighted by molar-refractivity contribution is 0.412. The van der Waals surface area contributed by atoms with E-state index in [1.54, 1.807) is 6.07 Å². The first-order chi connectivity index (χ1) is 12.3. The third-order valence-corrected chi connectivity index (χ3v) is 5.35. The number of pyridine rings is 1. The van der Waals surface area contributed by atoms with E-state index in [9.17, 15) is 17.2 Å². The summed E-state index contributed by atoms with van der Waals surface area (Å²) in [6.45, 7) is 0. The number of methoxy groups -OCH3 is 1. The van der Waals surface area contributed by atoms with Crippen LogP contribution >= 0.6 is 15.9 Å². The maximum atomic E-state index is 13.9. The average molecular weight is 444 g/mol. The van der Waals surface area contributed by atoms with Gasteiger partial charge in [0.1, 0.15) is 10.7 Å². The number of rotatable bonds is 5. The largest absolute Gasteiger partial charge is 0.493 e. The van der Waals surface area contributed by atoms with Crippen molar-refractivity contribution in [3.63, 3.8) is 0 Å². The van der Waals surface area contributed by atoms with Gasteiger partial charge in [0.2, 0.25) is 5.95 Å². The normalized spacial score (nSPS) is 11.4. The second-order valence-electron chi connectivity index (χ2n) is 5.15. The van der Waals surface area contributed by atoms with Gasteiger partial charge in [-0.3, -0.25) is 4.72 Å². The van der Waals surface area contributed by atoms with Crippen molar-refractivity contribution >= 4 is 31.8 Å². The van der Waals surface area contributed by atoms with E-state index in [1.807, 2.05) is 0 Å². The van der Waals surface area contributed by atoms with E-state index < -0.39 is 21.8 Å². The van der Waals surface area contributed by atoms with Crippen LogP contribution < -0.4 is 9.46 Å². The highest BCUT2D eigenvalue weighted by atomic mass is 79.9. The molecule has 0 saturated heterocycles. The summed E-state index contributed by atoms with van der Waals surface area (Å²) in [4.78, 5) is 6.08. The molecule has 26 heavy (non-hydrogen) atoms. The Kier molecular flexibility index (Phi) is 4.97. The first-order valence-electron chi connectivity index (χ1n) is 7.18. The summed E-state index contributed by atoms with van der Waals surface area (Å²) in [7, 11) is -2.81. The van der Waals surface area contributed by atoms with Crippen molar-refractivity contribution in [2.75, 3.05) is 11.8 Å². The third-order valence-electron chi connectivity index (χ3n) is 3.48. The van der Waals surface area contributed by atoms with E-state index in [4.69, 9.17) is 4.74 Å². The summed E-state index contributed by atoms with van der Waals surface area (Å²) in [6.07, 6.45) is 1.20. The van der Waals surface area contributed by atoms with Gasteiger partial charge in [0, 0.05) is 23.5 Å². The average Bonchev–Trinajstić information content (AvgIpc) is 3.09. The smallest absolute Gasteiger partial charge is 0.264 e. The molecular weight excluding hydrogens is 432 g/mol. The first-order valence-corrected chi connectivity index (χ1v) is 9.45. The van der Waals surface area contributed by atoms with Crippen LogP contribution in [0.2, 0.25) is 0 Å². The van der Waals surface area contributed by atoms with E-state index in [0.717, 1.165) is 0 Å². The summed E-state index contributed by atoms with van der Waals surface area (Å²) in [6, 6.07) is 8.46. The summed E-state index contributed by atoms with van der Waals surface area (Å²) in [5, 5.41) is 0. The van der Waals surface area contributed by atoms with Gasteiger partial charge in [0.05, 0.1) is 11.6 Å². The SMILES string of the molecule is COc1cc(Br)c(F)nc1NS(=O)(=O)c1c[nH]c(-c2ccccc2F)c1. The molecule has 0 unspecified atom stereocenters. The highest BCUT2D eigenvalue weighted by Gasteiger charge is 2.21. The number of aromatic amines is 1. The Morgan fingerprint density at radius 1 is 1.23 bits per heavy atom. The van der Waals surface area contributed by atoms with Crippen molar-refractivity contribution in [2.24, 2.45) is 0 Å². The quantitative estimate of drug-likeness (QED) is 0.585. The number of aromatic nitrogens is 2. The molecule has 0 spiro atoms. The number of anilines is 1. The maximum absolute atomic E-state index is 13.9. The van der Waals surface area contributed by atoms with Crippen molar-refractivity contribution in [1.82, 2.24) is 9.97 Å². The van der Waals surface area contributed by atoms with Gasteiger partial charge in [0.25, 0.3) is 10.0 Å². The fraction of sp³-hybridized carbons (Fsp3) is 0.0625. The van der Waals surface area contributed by atoms with E-state index >= 15 is 0 Å². The minimum Gasteiger partial charge on any atom is -0.493 e. The van der Waals surface area contributed by atoms with E-state index in [0.29, 0.717) is 0 Å². The Bertz CT molecular complexity index is 1070. The van der Waals surface area contributed by atoms with Gasteiger partial charge >= 0.3 is 0 Å². The molecule has 0 aliphatic rings. The molecule has 0 atom stereocenters. The molecule has 136 valence electrons. The second kappa shape index (κ2) is 7.04. The minimum absolute atomic E-state index is 0.0285. The van der Waals surface area contributed by atoms with Crippen LogP contribution in [0.5, 0.6) is 5.75 Å². The molecule has 3 rings (SSSR count). The molecule has 0 radical (unpaired) electrons. The molecule has 0 aliphatic heterocycles. The number of hydrogen-bond donors (Lipinski definition) is 2. The number of ether oxygens (including phenoxy) is 1. The zero-order chi connectivity index (χ0) is 18.9. The Balaban J connectivity index is 1.95. The summed E-state index contributed by atoms with van der Waals surface area (Å²) in [5.41, 5.74) is 0.504. The van der Waals surface area contributed by atoms with Gasteiger partial charge in [-0.1, -0.05) is 12.1 Å². The predicted octanol–water partition coefficient (Wildman–Crippen LogP) is 3.93. The highest BCUT2D eigenvalue weighted by Crippen LogP contribution is 2.30. The summed E-state index contributed by atoms with van der Waals surface area (Å²) >= 11 is 2.95. The van der Waals surface area contributed by atoms with E-state index in [1.165, 1.54) is 43.6 Å². The zero-order valence-corrected chi connectivity index (χ0v) is 15.7. The molecule has 0 saturated carbocycles. The van der Waals surface area contributed by atoms with E-state index in [-0.39, 0.29) is 32.2 Å². The number of hydrogen-bond acceptors (Lipinski definition) is 4. The molecule has 2 N–H and O–H groups in total. The van der Waals surface area contributed by atoms with Crippen LogP contribution in [-0.2, 0) is 10.0 Å². The van der Waals surface area contributed by atoms with Gasteiger partial charge in [-0.15, -0.1) is 0 Å². The number of sulfonamides is 1. The minimum atomic E-state index is -4.10. The van der Waals surface area contributed by atoms with Gasteiger partial charge in [0.15, 0.2) is 11.6 Å². The number of H-pyrrole nitrogens is 1. The Hall–Kier alpha value is -2.46. The second-order valence-corrected chi connectivity index (χ2v) is 7.68. The van der Waals surface area contributed by atoms with Crippen molar-refractivity contribution in [1.29, 1.82) is 0 Å². The third kappa shape index (κ3) is 3.56. The van der Waals surface area contributed by atoms with Crippen LogP contribution in [0.15, 0.2) is 52.0 Å². The van der Waals surface area contributed by atoms with Gasteiger partial charge in [-0.25, -0.2) is 12.8 Å². The number of nitrogens with one attached hydrogen (secondary N) is 2. The lowest BCUT2D eigenvalue weighted by atomic mass is 10.1. The molecule has 3 aromatic rings. The molecule has 6 nitrogen and oxygen atoms in total. The van der Waals surface area contributed by atoms with E-state index in [2.05, 4.69) is 30.6 Å². The fourth-order valence-corrected chi connectivity index (χ4v) is 3.53. The van der Waals surface area contributed by atoms with Gasteiger partial charge in [-0.05, 0) is 34.1 Å². The monoisotopic (exact) mass is 443 g/mol. The van der Waals surface area contributed by atoms with Crippen LogP contribution in [0.1, 0.15) is 0 Å². The van der Waals surface area contributed by atoms with Gasteiger partial charge < -0.3 is 9.72 Å². The lowest BCUT2D eigenvalue weighted by Crippen LogP contribution is -2.14. The predicted molar refractivity (Wildman–Crippen MR) is 95.4 cm³/mol. The van der Waals surface area contributed by atoms with Gasteiger partial charge in [-0.2, -0.15) is 9.37 Å². The van der Waals surface area contributed by atoms with Crippen molar-refractivity contribution < 1.29 is 21.9 Å². The molecular formula is C16H12BrF2N3O3S. The molecule has 0 fully saturated rings. The summed E-state index contributed by atoms with van der Waals surface area (Å²) < 4.78 is 59.8. The number of benzene rings is 1. The number of nitrogens with zero attached hydrogens (tertiary/aromatic N) is 1. The Morgan fingerprint density at radius 3 is 2.65 bits per heavy atom. The van der Waals surface area contributed by atoms with Crippen molar-refractivity contribution in [2.45, 2.75) is 4.90 Å². The lowest BCUT2D eigenvalue weighted by Gasteiger charge is -2.10. The van der Waals surface area contributed by atoms with Crippen molar-refractivity contribution in [3.05, 3.63) is 58.8 Å². The molecule has 2 aromatic heterocycles. The standard InChI is InChI=1S/C16H12BrF2N3O3S/c1-25-14-7-11(17)15(19)21-16(14)22-26(23,24)9-6-13(20-8-9)10-4-2-3-5-12(10)18/h2-8,20H,1H3,(H,21,22). The highest BCUT2D eigenvalue weighted by molar-refractivity contribution is 9.10. The number of halogens is 3. The topological polar surface area (TPSA) is 84.1 Å². The molecule has 10 heteroatoms. The van der Waals surface area contributed by atoms with Crippen LogP contribution in [0, 0.1) is 11.8 Å². The molecule has 2 heterocycles. The fourth-order valence-electron chi connectivity index (χ4n) is 2.23. The van der Waals surface area contributed by atoms with Crippen LogP contribution in [0.25, 0.3) is 11.3 Å². The van der Waals surface area contributed by atoms with Crippen LogP contribution in [0.4, 0.5) is 14.6 Å².